The predicted octanol–water partition coefficient (Wildman–Crippen LogP) is 14.4. The van der Waals surface area contributed by atoms with E-state index in [0.29, 0.717) is 0 Å². The molecular formula is C50H33NO. The van der Waals surface area contributed by atoms with E-state index >= 15 is 0 Å². The number of anilines is 3. The number of benzene rings is 9. The van der Waals surface area contributed by atoms with Crippen LogP contribution in [-0.4, -0.2) is 0 Å². The Hall–Kier alpha value is -6.90. The van der Waals surface area contributed by atoms with Gasteiger partial charge in [-0.25, -0.2) is 0 Å². The van der Waals surface area contributed by atoms with E-state index in [2.05, 4.69) is 205 Å². The van der Waals surface area contributed by atoms with Crippen LogP contribution in [0.5, 0.6) is 0 Å². The summed E-state index contributed by atoms with van der Waals surface area (Å²) >= 11 is 0. The lowest BCUT2D eigenvalue weighted by molar-refractivity contribution is 0.674. The molecule has 0 saturated heterocycles. The summed E-state index contributed by atoms with van der Waals surface area (Å²) in [7, 11) is 0. The van der Waals surface area contributed by atoms with E-state index < -0.39 is 0 Å². The topological polar surface area (TPSA) is 16.4 Å². The van der Waals surface area contributed by atoms with Gasteiger partial charge < -0.3 is 9.32 Å². The summed E-state index contributed by atoms with van der Waals surface area (Å²) in [6, 6.07) is 71.4. The van der Waals surface area contributed by atoms with Crippen LogP contribution in [0.2, 0.25) is 0 Å². The smallest absolute Gasteiger partial charge is 0.145 e. The molecule has 10 rings (SSSR count). The monoisotopic (exact) mass is 663 g/mol. The molecule has 52 heavy (non-hydrogen) atoms. The molecule has 0 saturated carbocycles. The molecule has 244 valence electrons. The highest BCUT2D eigenvalue weighted by Crippen LogP contribution is 2.49. The molecular weight excluding hydrogens is 631 g/mol. The van der Waals surface area contributed by atoms with Crippen molar-refractivity contribution in [2.24, 2.45) is 0 Å². The average molecular weight is 664 g/mol. The van der Waals surface area contributed by atoms with Gasteiger partial charge in [0.1, 0.15) is 11.2 Å². The van der Waals surface area contributed by atoms with Gasteiger partial charge in [0.15, 0.2) is 0 Å². The number of hydrogen-bond acceptors (Lipinski definition) is 2. The molecule has 0 fully saturated rings. The first-order valence-electron chi connectivity index (χ1n) is 17.8. The third-order valence-electron chi connectivity index (χ3n) is 10.3. The highest BCUT2D eigenvalue weighted by atomic mass is 16.3. The van der Waals surface area contributed by atoms with Gasteiger partial charge in [0, 0.05) is 33.1 Å². The first-order chi connectivity index (χ1) is 25.8. The van der Waals surface area contributed by atoms with Crippen LogP contribution >= 0.6 is 0 Å². The molecule has 0 spiro atoms. The van der Waals surface area contributed by atoms with Gasteiger partial charge in [-0.05, 0) is 80.4 Å². The van der Waals surface area contributed by atoms with Gasteiger partial charge in [-0.3, -0.25) is 0 Å². The Labute approximate surface area is 302 Å². The van der Waals surface area contributed by atoms with Crippen molar-refractivity contribution in [1.82, 2.24) is 0 Å². The van der Waals surface area contributed by atoms with Crippen molar-refractivity contribution in [2.45, 2.75) is 0 Å². The summed E-state index contributed by atoms with van der Waals surface area (Å²) in [6.45, 7) is 0. The molecule has 0 radical (unpaired) electrons. The van der Waals surface area contributed by atoms with Crippen LogP contribution in [0.15, 0.2) is 205 Å². The van der Waals surface area contributed by atoms with Crippen LogP contribution in [0, 0.1) is 0 Å². The zero-order chi connectivity index (χ0) is 34.4. The minimum absolute atomic E-state index is 0.881. The van der Waals surface area contributed by atoms with Crippen molar-refractivity contribution in [3.8, 4) is 33.4 Å². The average Bonchev–Trinajstić information content (AvgIpc) is 3.63. The fourth-order valence-electron chi connectivity index (χ4n) is 7.82. The lowest BCUT2D eigenvalue weighted by Gasteiger charge is -2.28. The maximum atomic E-state index is 7.15. The molecule has 0 N–H and O–H groups in total. The Morgan fingerprint density at radius 2 is 0.712 bits per heavy atom. The SMILES string of the molecule is c1ccc(-c2ccc(N(c3ccc(-c4ccccc4)cc3)c3ccc4c(oc5c6ccccc6c6ccccc6c45)c3-c3ccccc3)cc2)cc1. The first-order valence-corrected chi connectivity index (χ1v) is 17.8. The van der Waals surface area contributed by atoms with Crippen molar-refractivity contribution < 1.29 is 4.42 Å². The van der Waals surface area contributed by atoms with Gasteiger partial charge in [0.05, 0.1) is 5.69 Å². The zero-order valence-electron chi connectivity index (χ0n) is 28.4. The molecule has 2 heteroatoms. The molecule has 0 aliphatic carbocycles. The Kier molecular flexibility index (Phi) is 7.18. The van der Waals surface area contributed by atoms with E-state index in [-0.39, 0.29) is 0 Å². The first kappa shape index (κ1) is 30.0. The standard InChI is InChI=1S/C50H33NO/c1-4-14-34(15-5-1)36-24-28-39(29-25-36)51(40-30-26-37(27-31-40)35-16-6-2-7-17-35)46-33-32-45-48-43-22-12-10-20-41(43)42-21-11-13-23-44(42)49(48)52-50(45)47(46)38-18-8-3-9-19-38/h1-33H. The van der Waals surface area contributed by atoms with Gasteiger partial charge in [0.2, 0.25) is 0 Å². The predicted molar refractivity (Wildman–Crippen MR) is 220 cm³/mol. The minimum Gasteiger partial charge on any atom is -0.455 e. The van der Waals surface area contributed by atoms with Crippen molar-refractivity contribution >= 4 is 60.5 Å². The highest BCUT2D eigenvalue weighted by Gasteiger charge is 2.24. The molecule has 0 atom stereocenters. The molecule has 2 nitrogen and oxygen atoms in total. The van der Waals surface area contributed by atoms with Crippen LogP contribution in [0.3, 0.4) is 0 Å². The molecule has 0 unspecified atom stereocenters. The van der Waals surface area contributed by atoms with E-state index in [0.717, 1.165) is 55.5 Å². The van der Waals surface area contributed by atoms with Gasteiger partial charge in [-0.2, -0.15) is 0 Å². The molecule has 9 aromatic carbocycles. The lowest BCUT2D eigenvalue weighted by atomic mass is 9.94. The van der Waals surface area contributed by atoms with Crippen molar-refractivity contribution in [2.75, 3.05) is 4.90 Å². The van der Waals surface area contributed by atoms with Crippen LogP contribution in [0.25, 0.3) is 76.9 Å². The second kappa shape index (κ2) is 12.5. The third-order valence-corrected chi connectivity index (χ3v) is 10.3. The van der Waals surface area contributed by atoms with Crippen LogP contribution in [0.1, 0.15) is 0 Å². The van der Waals surface area contributed by atoms with Gasteiger partial charge in [-0.15, -0.1) is 0 Å². The Bertz CT molecular complexity index is 2770. The second-order valence-corrected chi connectivity index (χ2v) is 13.3. The van der Waals surface area contributed by atoms with Crippen LogP contribution in [0.4, 0.5) is 17.1 Å². The molecule has 1 heterocycles. The number of fused-ring (bicyclic) bond motifs is 8. The van der Waals surface area contributed by atoms with E-state index in [9.17, 15) is 0 Å². The maximum absolute atomic E-state index is 7.15. The summed E-state index contributed by atoms with van der Waals surface area (Å²) in [5, 5.41) is 7.02. The number of rotatable bonds is 6. The van der Waals surface area contributed by atoms with E-state index in [1.165, 1.54) is 38.4 Å². The van der Waals surface area contributed by atoms with Crippen molar-refractivity contribution in [1.29, 1.82) is 0 Å². The Morgan fingerprint density at radius 1 is 0.288 bits per heavy atom. The van der Waals surface area contributed by atoms with Crippen molar-refractivity contribution in [3.63, 3.8) is 0 Å². The van der Waals surface area contributed by atoms with E-state index in [4.69, 9.17) is 4.42 Å². The number of hydrogen-bond donors (Lipinski definition) is 0. The van der Waals surface area contributed by atoms with Gasteiger partial charge >= 0.3 is 0 Å². The maximum Gasteiger partial charge on any atom is 0.145 e. The molecule has 0 aliphatic rings. The minimum atomic E-state index is 0.881. The molecule has 10 aromatic rings. The van der Waals surface area contributed by atoms with Crippen molar-refractivity contribution in [3.05, 3.63) is 200 Å². The molecule has 0 bridgehead atoms. The quantitative estimate of drug-likeness (QED) is 0.165. The van der Waals surface area contributed by atoms with E-state index in [1.807, 2.05) is 0 Å². The molecule has 0 aliphatic heterocycles. The summed E-state index contributed by atoms with van der Waals surface area (Å²) in [6.07, 6.45) is 0. The summed E-state index contributed by atoms with van der Waals surface area (Å²) in [4.78, 5) is 2.37. The molecule has 0 amide bonds. The summed E-state index contributed by atoms with van der Waals surface area (Å²) < 4.78 is 7.15. The normalized spacial score (nSPS) is 11.5. The zero-order valence-corrected chi connectivity index (χ0v) is 28.4. The summed E-state index contributed by atoms with van der Waals surface area (Å²) in [5.74, 6) is 0. The Morgan fingerprint density at radius 3 is 1.25 bits per heavy atom. The molecule has 1 aromatic heterocycles. The number of nitrogens with zero attached hydrogens (tertiary/aromatic N) is 1. The fourth-order valence-corrected chi connectivity index (χ4v) is 7.82. The van der Waals surface area contributed by atoms with Gasteiger partial charge in [-0.1, -0.05) is 164 Å². The van der Waals surface area contributed by atoms with Crippen LogP contribution in [-0.2, 0) is 0 Å². The second-order valence-electron chi connectivity index (χ2n) is 13.3. The largest absolute Gasteiger partial charge is 0.455 e. The lowest BCUT2D eigenvalue weighted by Crippen LogP contribution is -2.11. The highest BCUT2D eigenvalue weighted by molar-refractivity contribution is 6.31. The third kappa shape index (κ3) is 4.96. The fraction of sp³-hybridized carbons (Fsp3) is 0. The van der Waals surface area contributed by atoms with Crippen LogP contribution < -0.4 is 4.90 Å². The summed E-state index contributed by atoms with van der Waals surface area (Å²) in [5.41, 5.74) is 11.9. The van der Waals surface area contributed by atoms with Gasteiger partial charge in [0.25, 0.3) is 0 Å². The van der Waals surface area contributed by atoms with E-state index in [1.54, 1.807) is 0 Å². The Balaban J connectivity index is 1.26. The number of furan rings is 1.